The second-order valence-corrected chi connectivity index (χ2v) is 9.17. The predicted octanol–water partition coefficient (Wildman–Crippen LogP) is 4.48. The van der Waals surface area contributed by atoms with Gasteiger partial charge in [0.1, 0.15) is 10.6 Å². The number of hydrogen-bond acceptors (Lipinski definition) is 4. The van der Waals surface area contributed by atoms with Crippen LogP contribution < -0.4 is 14.8 Å². The van der Waals surface area contributed by atoms with Gasteiger partial charge in [0.15, 0.2) is 0 Å². The van der Waals surface area contributed by atoms with Gasteiger partial charge in [0, 0.05) is 10.7 Å². The van der Waals surface area contributed by atoms with Crippen molar-refractivity contribution in [3.8, 4) is 5.75 Å². The van der Waals surface area contributed by atoms with E-state index in [1.54, 1.807) is 13.0 Å². The molecule has 0 fully saturated rings. The molecule has 0 spiro atoms. The standard InChI is InChI=1S/C21H27ClN2O4S/c1-6-28-18-11-10-16(22)12-19(18)29(26,27)24-15(5)21(25)23-20-14(4)8-7-9-17(20)13(2)3/h7-13,15,24H,6H2,1-5H3,(H,23,25). The Morgan fingerprint density at radius 1 is 1.17 bits per heavy atom. The highest BCUT2D eigenvalue weighted by Gasteiger charge is 2.26. The zero-order valence-electron chi connectivity index (χ0n) is 17.2. The van der Waals surface area contributed by atoms with E-state index in [1.165, 1.54) is 19.1 Å². The second kappa shape index (κ2) is 9.61. The fourth-order valence-corrected chi connectivity index (χ4v) is 4.50. The number of para-hydroxylation sites is 1. The van der Waals surface area contributed by atoms with Crippen molar-refractivity contribution in [1.82, 2.24) is 4.72 Å². The van der Waals surface area contributed by atoms with Gasteiger partial charge in [-0.15, -0.1) is 0 Å². The summed E-state index contributed by atoms with van der Waals surface area (Å²) in [5.74, 6) is -0.0693. The predicted molar refractivity (Wildman–Crippen MR) is 116 cm³/mol. The van der Waals surface area contributed by atoms with Crippen molar-refractivity contribution >= 4 is 33.2 Å². The molecule has 0 saturated heterocycles. The van der Waals surface area contributed by atoms with Crippen molar-refractivity contribution in [3.63, 3.8) is 0 Å². The largest absolute Gasteiger partial charge is 0.492 e. The first-order valence-corrected chi connectivity index (χ1v) is 11.3. The van der Waals surface area contributed by atoms with Crippen LogP contribution in [0.4, 0.5) is 5.69 Å². The Bertz CT molecular complexity index is 990. The van der Waals surface area contributed by atoms with Gasteiger partial charge in [0.25, 0.3) is 0 Å². The van der Waals surface area contributed by atoms with Crippen LogP contribution in [0.2, 0.25) is 5.02 Å². The van der Waals surface area contributed by atoms with E-state index in [-0.39, 0.29) is 21.6 Å². The number of carbonyl (C=O) groups excluding carboxylic acids is 1. The summed E-state index contributed by atoms with van der Waals surface area (Å²) in [7, 11) is -4.03. The van der Waals surface area contributed by atoms with Gasteiger partial charge in [-0.3, -0.25) is 4.79 Å². The molecule has 2 N–H and O–H groups in total. The summed E-state index contributed by atoms with van der Waals surface area (Å²) in [6.07, 6.45) is 0. The first-order chi connectivity index (χ1) is 13.6. The van der Waals surface area contributed by atoms with Crippen LogP contribution in [0.5, 0.6) is 5.75 Å². The van der Waals surface area contributed by atoms with E-state index in [0.29, 0.717) is 12.3 Å². The Morgan fingerprint density at radius 3 is 2.48 bits per heavy atom. The Labute approximate surface area is 177 Å². The van der Waals surface area contributed by atoms with Crippen molar-refractivity contribution in [2.75, 3.05) is 11.9 Å². The summed E-state index contributed by atoms with van der Waals surface area (Å²) in [6.45, 7) is 9.51. The quantitative estimate of drug-likeness (QED) is 0.636. The minimum atomic E-state index is -4.03. The molecule has 1 unspecified atom stereocenters. The van der Waals surface area contributed by atoms with Crippen LogP contribution in [-0.2, 0) is 14.8 Å². The second-order valence-electron chi connectivity index (χ2n) is 7.05. The number of ether oxygens (including phenoxy) is 1. The third-order valence-corrected chi connectivity index (χ3v) is 6.19. The smallest absolute Gasteiger partial charge is 0.245 e. The zero-order chi connectivity index (χ0) is 21.8. The lowest BCUT2D eigenvalue weighted by Gasteiger charge is -2.20. The highest BCUT2D eigenvalue weighted by Crippen LogP contribution is 2.29. The molecular formula is C21H27ClN2O4S. The average Bonchev–Trinajstić information content (AvgIpc) is 2.64. The van der Waals surface area contributed by atoms with Gasteiger partial charge in [-0.05, 0) is 56.0 Å². The van der Waals surface area contributed by atoms with Gasteiger partial charge < -0.3 is 10.1 Å². The molecule has 2 rings (SSSR count). The molecule has 8 heteroatoms. The number of carbonyl (C=O) groups is 1. The number of anilines is 1. The number of rotatable bonds is 8. The number of aryl methyl sites for hydroxylation is 1. The molecular weight excluding hydrogens is 412 g/mol. The maximum Gasteiger partial charge on any atom is 0.245 e. The molecule has 2 aromatic rings. The first-order valence-electron chi connectivity index (χ1n) is 9.41. The number of halogens is 1. The van der Waals surface area contributed by atoms with E-state index in [0.717, 1.165) is 11.1 Å². The SMILES string of the molecule is CCOc1ccc(Cl)cc1S(=O)(=O)NC(C)C(=O)Nc1c(C)cccc1C(C)C. The highest BCUT2D eigenvalue weighted by atomic mass is 35.5. The van der Waals surface area contributed by atoms with Crippen LogP contribution in [0.3, 0.4) is 0 Å². The number of amides is 1. The molecule has 0 radical (unpaired) electrons. The molecule has 0 aromatic heterocycles. The fourth-order valence-electron chi connectivity index (χ4n) is 2.89. The Balaban J connectivity index is 2.25. The minimum Gasteiger partial charge on any atom is -0.492 e. The molecule has 6 nitrogen and oxygen atoms in total. The molecule has 1 atom stereocenters. The van der Waals surface area contributed by atoms with Gasteiger partial charge in [-0.2, -0.15) is 4.72 Å². The normalized spacial score (nSPS) is 12.7. The molecule has 0 saturated carbocycles. The summed E-state index contributed by atoms with van der Waals surface area (Å²) < 4.78 is 33.5. The lowest BCUT2D eigenvalue weighted by atomic mass is 9.98. The summed E-state index contributed by atoms with van der Waals surface area (Å²) in [4.78, 5) is 12.6. The van der Waals surface area contributed by atoms with Crippen LogP contribution in [0.1, 0.15) is 44.7 Å². The van der Waals surface area contributed by atoms with Crippen molar-refractivity contribution < 1.29 is 17.9 Å². The summed E-state index contributed by atoms with van der Waals surface area (Å²) in [5.41, 5.74) is 2.60. The molecule has 0 aliphatic heterocycles. The zero-order valence-corrected chi connectivity index (χ0v) is 18.8. The minimum absolute atomic E-state index is 0.106. The maximum absolute atomic E-state index is 12.9. The van der Waals surface area contributed by atoms with E-state index in [4.69, 9.17) is 16.3 Å². The third-order valence-electron chi connectivity index (χ3n) is 4.40. The van der Waals surface area contributed by atoms with Crippen molar-refractivity contribution in [2.45, 2.75) is 51.5 Å². The third kappa shape index (κ3) is 5.72. The van der Waals surface area contributed by atoms with Crippen LogP contribution in [0.15, 0.2) is 41.3 Å². The van der Waals surface area contributed by atoms with Crippen LogP contribution >= 0.6 is 11.6 Å². The molecule has 0 aliphatic carbocycles. The van der Waals surface area contributed by atoms with Crippen LogP contribution in [0.25, 0.3) is 0 Å². The molecule has 0 aliphatic rings. The van der Waals surface area contributed by atoms with E-state index >= 15 is 0 Å². The summed E-state index contributed by atoms with van der Waals surface area (Å²) in [6, 6.07) is 9.12. The van der Waals surface area contributed by atoms with Crippen LogP contribution in [0, 0.1) is 6.92 Å². The Kier molecular flexibility index (Phi) is 7.68. The van der Waals surface area contributed by atoms with Gasteiger partial charge in [0.05, 0.1) is 12.6 Å². The highest BCUT2D eigenvalue weighted by molar-refractivity contribution is 7.89. The van der Waals surface area contributed by atoms with Gasteiger partial charge in [0.2, 0.25) is 15.9 Å². The van der Waals surface area contributed by atoms with Gasteiger partial charge in [-0.1, -0.05) is 43.6 Å². The number of sulfonamides is 1. The van der Waals surface area contributed by atoms with E-state index in [1.807, 2.05) is 39.0 Å². The lowest BCUT2D eigenvalue weighted by molar-refractivity contribution is -0.117. The number of hydrogen-bond donors (Lipinski definition) is 2. The Morgan fingerprint density at radius 2 is 1.86 bits per heavy atom. The first kappa shape index (κ1) is 23.2. The van der Waals surface area contributed by atoms with E-state index < -0.39 is 22.0 Å². The van der Waals surface area contributed by atoms with Gasteiger partial charge in [-0.25, -0.2) is 8.42 Å². The molecule has 29 heavy (non-hydrogen) atoms. The topological polar surface area (TPSA) is 84.5 Å². The van der Waals surface area contributed by atoms with Gasteiger partial charge >= 0.3 is 0 Å². The summed E-state index contributed by atoms with van der Waals surface area (Å²) in [5, 5.41) is 3.12. The number of benzene rings is 2. The van der Waals surface area contributed by atoms with E-state index in [9.17, 15) is 13.2 Å². The molecule has 0 heterocycles. The molecule has 158 valence electrons. The van der Waals surface area contributed by atoms with Crippen LogP contribution in [-0.4, -0.2) is 27.0 Å². The van der Waals surface area contributed by atoms with Crippen molar-refractivity contribution in [3.05, 3.63) is 52.5 Å². The van der Waals surface area contributed by atoms with Crippen molar-refractivity contribution in [1.29, 1.82) is 0 Å². The fraction of sp³-hybridized carbons (Fsp3) is 0.381. The molecule has 1 amide bonds. The number of nitrogens with one attached hydrogen (secondary N) is 2. The summed E-state index contributed by atoms with van der Waals surface area (Å²) >= 11 is 5.97. The lowest BCUT2D eigenvalue weighted by Crippen LogP contribution is -2.41. The van der Waals surface area contributed by atoms with E-state index in [2.05, 4.69) is 10.0 Å². The Hall–Kier alpha value is -2.09. The average molecular weight is 439 g/mol. The maximum atomic E-state index is 12.9. The van der Waals surface area contributed by atoms with Crippen molar-refractivity contribution in [2.24, 2.45) is 0 Å². The molecule has 2 aromatic carbocycles. The monoisotopic (exact) mass is 438 g/mol. The molecule has 0 bridgehead atoms.